The van der Waals surface area contributed by atoms with Gasteiger partial charge in [0.05, 0.1) is 0 Å². The van der Waals surface area contributed by atoms with Crippen LogP contribution in [0.25, 0.3) is 0 Å². The van der Waals surface area contributed by atoms with Crippen LogP contribution in [0.3, 0.4) is 0 Å². The van der Waals surface area contributed by atoms with Crippen molar-refractivity contribution in [3.05, 3.63) is 12.7 Å². The number of nitrogens with one attached hydrogen (secondary N) is 1. The summed E-state index contributed by atoms with van der Waals surface area (Å²) in [7, 11) is 6.37. The van der Waals surface area contributed by atoms with E-state index in [0.29, 0.717) is 12.1 Å². The molecule has 0 aliphatic carbocycles. The van der Waals surface area contributed by atoms with E-state index in [1.165, 1.54) is 6.42 Å². The molecule has 2 atom stereocenters. The average molecular weight is 197 g/mol. The second-order valence-corrected chi connectivity index (χ2v) is 4.35. The van der Waals surface area contributed by atoms with E-state index >= 15 is 0 Å². The highest BCUT2D eigenvalue weighted by molar-refractivity contribution is 4.88. The van der Waals surface area contributed by atoms with Gasteiger partial charge in [-0.15, -0.1) is 6.58 Å². The summed E-state index contributed by atoms with van der Waals surface area (Å²) in [5.74, 6) is 0. The number of piperidine rings is 1. The Balaban J connectivity index is 2.51. The Hall–Kier alpha value is -0.380. The Morgan fingerprint density at radius 1 is 1.50 bits per heavy atom. The lowest BCUT2D eigenvalue weighted by molar-refractivity contribution is 0.119. The van der Waals surface area contributed by atoms with Gasteiger partial charge in [0.1, 0.15) is 0 Å². The monoisotopic (exact) mass is 197 g/mol. The molecule has 3 nitrogen and oxygen atoms in total. The van der Waals surface area contributed by atoms with Crippen LogP contribution in [0.15, 0.2) is 12.7 Å². The second kappa shape index (κ2) is 5.49. The molecule has 0 radical (unpaired) electrons. The Labute approximate surface area is 87.8 Å². The summed E-state index contributed by atoms with van der Waals surface area (Å²) in [5, 5.41) is 3.37. The minimum absolute atomic E-state index is 0.621. The highest BCUT2D eigenvalue weighted by Crippen LogP contribution is 2.13. The van der Waals surface area contributed by atoms with Crippen molar-refractivity contribution < 1.29 is 0 Å². The predicted molar refractivity (Wildman–Crippen MR) is 61.6 cm³/mol. The fourth-order valence-corrected chi connectivity index (χ4v) is 2.08. The third-order valence-corrected chi connectivity index (χ3v) is 3.03. The Kier molecular flexibility index (Phi) is 4.58. The van der Waals surface area contributed by atoms with Crippen LogP contribution in [0.5, 0.6) is 0 Å². The molecule has 1 aliphatic rings. The third kappa shape index (κ3) is 3.08. The fourth-order valence-electron chi connectivity index (χ4n) is 2.08. The van der Waals surface area contributed by atoms with Crippen LogP contribution in [-0.2, 0) is 0 Å². The molecular weight excluding hydrogens is 174 g/mol. The molecule has 0 amide bonds. The van der Waals surface area contributed by atoms with Crippen LogP contribution in [0, 0.1) is 0 Å². The van der Waals surface area contributed by atoms with Crippen molar-refractivity contribution in [1.82, 2.24) is 15.1 Å². The maximum atomic E-state index is 3.80. The molecule has 0 aromatic heterocycles. The smallest absolute Gasteiger partial charge is 0.0232 e. The van der Waals surface area contributed by atoms with Crippen molar-refractivity contribution in [3.63, 3.8) is 0 Å². The van der Waals surface area contributed by atoms with Crippen molar-refractivity contribution in [2.75, 3.05) is 40.8 Å². The van der Waals surface area contributed by atoms with Gasteiger partial charge >= 0.3 is 0 Å². The molecule has 1 aliphatic heterocycles. The maximum absolute atomic E-state index is 3.80. The Morgan fingerprint density at radius 3 is 2.71 bits per heavy atom. The van der Waals surface area contributed by atoms with Gasteiger partial charge in [-0.1, -0.05) is 6.08 Å². The summed E-state index contributed by atoms with van der Waals surface area (Å²) in [5.41, 5.74) is 0. The highest BCUT2D eigenvalue weighted by atomic mass is 15.2. The standard InChI is InChI=1S/C11H23N3/c1-5-6-14-8-10(12-2)7-11(9-14)13(3)4/h5,10-12H,1,6-9H2,2-4H3/t10-,11-/m1/s1. The van der Waals surface area contributed by atoms with Crippen molar-refractivity contribution >= 4 is 0 Å². The fraction of sp³-hybridized carbons (Fsp3) is 0.818. The molecule has 1 N–H and O–H groups in total. The molecule has 0 spiro atoms. The van der Waals surface area contributed by atoms with Gasteiger partial charge in [-0.05, 0) is 27.6 Å². The zero-order valence-corrected chi connectivity index (χ0v) is 9.66. The van der Waals surface area contributed by atoms with E-state index in [9.17, 15) is 0 Å². The Morgan fingerprint density at radius 2 is 2.21 bits per heavy atom. The topological polar surface area (TPSA) is 18.5 Å². The van der Waals surface area contributed by atoms with Crippen LogP contribution in [-0.4, -0.2) is 62.7 Å². The van der Waals surface area contributed by atoms with E-state index < -0.39 is 0 Å². The van der Waals surface area contributed by atoms with Gasteiger partial charge in [0.2, 0.25) is 0 Å². The lowest BCUT2D eigenvalue weighted by atomic mass is 10.00. The SMILES string of the molecule is C=CCN1C[C@H](NC)C[C@@H](N(C)C)C1. The Bertz CT molecular complexity index is 179. The molecular formula is C11H23N3. The minimum Gasteiger partial charge on any atom is -0.316 e. The molecule has 0 bridgehead atoms. The van der Waals surface area contributed by atoms with Crippen LogP contribution in [0.4, 0.5) is 0 Å². The summed E-state index contributed by atoms with van der Waals surface area (Å²) in [6, 6.07) is 1.29. The average Bonchev–Trinajstić information content (AvgIpc) is 2.17. The van der Waals surface area contributed by atoms with Crippen molar-refractivity contribution in [2.45, 2.75) is 18.5 Å². The molecule has 0 aromatic rings. The van der Waals surface area contributed by atoms with Crippen molar-refractivity contribution in [1.29, 1.82) is 0 Å². The van der Waals surface area contributed by atoms with Crippen LogP contribution in [0.2, 0.25) is 0 Å². The zero-order valence-electron chi connectivity index (χ0n) is 9.66. The number of hydrogen-bond donors (Lipinski definition) is 1. The summed E-state index contributed by atoms with van der Waals surface area (Å²) in [6.07, 6.45) is 3.24. The first-order chi connectivity index (χ1) is 6.67. The number of nitrogens with zero attached hydrogens (tertiary/aromatic N) is 2. The molecule has 3 heteroatoms. The summed E-state index contributed by atoms with van der Waals surface area (Å²) < 4.78 is 0. The molecule has 0 unspecified atom stereocenters. The summed E-state index contributed by atoms with van der Waals surface area (Å²) in [6.45, 7) is 7.11. The predicted octanol–water partition coefficient (Wildman–Crippen LogP) is 0.396. The van der Waals surface area contributed by atoms with E-state index in [2.05, 4.69) is 42.8 Å². The summed E-state index contributed by atoms with van der Waals surface area (Å²) in [4.78, 5) is 4.78. The minimum atomic E-state index is 0.621. The molecule has 1 rings (SSSR count). The highest BCUT2D eigenvalue weighted by Gasteiger charge is 2.26. The van der Waals surface area contributed by atoms with Gasteiger partial charge in [0.25, 0.3) is 0 Å². The van der Waals surface area contributed by atoms with E-state index in [-0.39, 0.29) is 0 Å². The molecule has 1 saturated heterocycles. The van der Waals surface area contributed by atoms with Crippen LogP contribution < -0.4 is 5.32 Å². The first-order valence-corrected chi connectivity index (χ1v) is 5.34. The van der Waals surface area contributed by atoms with E-state index in [1.54, 1.807) is 0 Å². The zero-order chi connectivity index (χ0) is 10.6. The van der Waals surface area contributed by atoms with Crippen LogP contribution in [0.1, 0.15) is 6.42 Å². The number of likely N-dealkylation sites (N-methyl/N-ethyl adjacent to an activating group) is 2. The lowest BCUT2D eigenvalue weighted by Crippen LogP contribution is -2.54. The number of rotatable bonds is 4. The number of hydrogen-bond acceptors (Lipinski definition) is 3. The quantitative estimate of drug-likeness (QED) is 0.658. The lowest BCUT2D eigenvalue weighted by Gasteiger charge is -2.40. The van der Waals surface area contributed by atoms with E-state index in [4.69, 9.17) is 0 Å². The molecule has 82 valence electrons. The third-order valence-electron chi connectivity index (χ3n) is 3.03. The van der Waals surface area contributed by atoms with Crippen molar-refractivity contribution in [3.8, 4) is 0 Å². The van der Waals surface area contributed by atoms with Crippen LogP contribution >= 0.6 is 0 Å². The molecule has 14 heavy (non-hydrogen) atoms. The van der Waals surface area contributed by atoms with Gasteiger partial charge in [0, 0.05) is 31.7 Å². The van der Waals surface area contributed by atoms with Gasteiger partial charge in [-0.2, -0.15) is 0 Å². The van der Waals surface area contributed by atoms with E-state index in [1.807, 2.05) is 6.08 Å². The molecule has 0 saturated carbocycles. The normalized spacial score (nSPS) is 29.4. The first-order valence-electron chi connectivity index (χ1n) is 5.34. The van der Waals surface area contributed by atoms with Gasteiger partial charge in [0.15, 0.2) is 0 Å². The number of likely N-dealkylation sites (tertiary alicyclic amines) is 1. The van der Waals surface area contributed by atoms with Crippen molar-refractivity contribution in [2.24, 2.45) is 0 Å². The maximum Gasteiger partial charge on any atom is 0.0232 e. The van der Waals surface area contributed by atoms with Gasteiger partial charge < -0.3 is 10.2 Å². The van der Waals surface area contributed by atoms with Gasteiger partial charge in [-0.25, -0.2) is 0 Å². The largest absolute Gasteiger partial charge is 0.316 e. The molecule has 0 aromatic carbocycles. The first kappa shape index (κ1) is 11.7. The molecule has 1 fully saturated rings. The van der Waals surface area contributed by atoms with E-state index in [0.717, 1.165) is 19.6 Å². The molecule has 1 heterocycles. The van der Waals surface area contributed by atoms with Gasteiger partial charge in [-0.3, -0.25) is 4.90 Å². The second-order valence-electron chi connectivity index (χ2n) is 4.35. The summed E-state index contributed by atoms with van der Waals surface area (Å²) >= 11 is 0.